The fraction of sp³-hybridized carbons (Fsp3) is 0.562. The van der Waals surface area contributed by atoms with Crippen molar-refractivity contribution in [3.63, 3.8) is 0 Å². The Morgan fingerprint density at radius 3 is 2.80 bits per heavy atom. The molecule has 3 heterocycles. The number of aryl methyl sites for hydroxylation is 1. The number of aromatic nitrogens is 2. The number of benzene rings is 1. The minimum atomic E-state index is -0.206. The first-order chi connectivity index (χ1) is 9.69. The minimum absolute atomic E-state index is 0.206. The van der Waals surface area contributed by atoms with Gasteiger partial charge in [-0.15, -0.1) is 0 Å². The average Bonchev–Trinajstić information content (AvgIpc) is 2.91. The first-order valence-corrected chi connectivity index (χ1v) is 7.56. The molecule has 106 valence electrons. The second kappa shape index (κ2) is 4.55. The lowest BCUT2D eigenvalue weighted by Gasteiger charge is -2.28. The van der Waals surface area contributed by atoms with Gasteiger partial charge in [-0.3, -0.25) is 0 Å². The molecule has 1 N–H and O–H groups in total. The molecule has 4 rings (SSSR count). The molecule has 2 unspecified atom stereocenters. The van der Waals surface area contributed by atoms with E-state index in [2.05, 4.69) is 14.9 Å². The van der Waals surface area contributed by atoms with Gasteiger partial charge in [-0.05, 0) is 43.7 Å². The van der Waals surface area contributed by atoms with Crippen LogP contribution in [0.1, 0.15) is 31.5 Å². The summed E-state index contributed by atoms with van der Waals surface area (Å²) in [7, 11) is 2.04. The number of nitrogens with zero attached hydrogens (tertiary/aromatic N) is 2. The first-order valence-electron chi connectivity index (χ1n) is 7.56. The molecular formula is C16H20FN3. The van der Waals surface area contributed by atoms with Crippen molar-refractivity contribution in [1.29, 1.82) is 0 Å². The number of rotatable bonds is 2. The van der Waals surface area contributed by atoms with Crippen molar-refractivity contribution >= 4 is 11.0 Å². The van der Waals surface area contributed by atoms with Crippen molar-refractivity contribution in [2.45, 2.75) is 44.2 Å². The molecule has 4 heteroatoms. The highest BCUT2D eigenvalue weighted by atomic mass is 19.1. The van der Waals surface area contributed by atoms with Gasteiger partial charge in [-0.1, -0.05) is 0 Å². The molecule has 2 aliphatic heterocycles. The van der Waals surface area contributed by atoms with Crippen molar-refractivity contribution in [2.24, 2.45) is 13.0 Å². The second-order valence-electron chi connectivity index (χ2n) is 6.40. The number of hydrogen-bond donors (Lipinski definition) is 1. The van der Waals surface area contributed by atoms with Crippen molar-refractivity contribution in [3.8, 4) is 0 Å². The molecule has 2 aliphatic rings. The predicted octanol–water partition coefficient (Wildman–Crippen LogP) is 2.79. The number of fused-ring (bicyclic) bond motifs is 3. The van der Waals surface area contributed by atoms with Crippen LogP contribution in [-0.4, -0.2) is 21.6 Å². The zero-order valence-electron chi connectivity index (χ0n) is 11.8. The highest BCUT2D eigenvalue weighted by Gasteiger charge is 2.33. The third-order valence-corrected chi connectivity index (χ3v) is 4.98. The second-order valence-corrected chi connectivity index (χ2v) is 6.40. The van der Waals surface area contributed by atoms with Gasteiger partial charge in [0, 0.05) is 31.6 Å². The zero-order chi connectivity index (χ0) is 13.7. The van der Waals surface area contributed by atoms with Crippen LogP contribution in [0.2, 0.25) is 0 Å². The fourth-order valence-corrected chi connectivity index (χ4v) is 4.01. The summed E-state index contributed by atoms with van der Waals surface area (Å²) in [4.78, 5) is 4.64. The van der Waals surface area contributed by atoms with Crippen LogP contribution in [0.5, 0.6) is 0 Å². The van der Waals surface area contributed by atoms with Gasteiger partial charge >= 0.3 is 0 Å². The molecule has 20 heavy (non-hydrogen) atoms. The van der Waals surface area contributed by atoms with Crippen LogP contribution in [0.4, 0.5) is 4.39 Å². The molecule has 0 saturated carbocycles. The predicted molar refractivity (Wildman–Crippen MR) is 77.0 cm³/mol. The Morgan fingerprint density at radius 2 is 2.05 bits per heavy atom. The molecule has 1 aromatic heterocycles. The summed E-state index contributed by atoms with van der Waals surface area (Å²) in [6.07, 6.45) is 6.19. The molecule has 1 aromatic carbocycles. The van der Waals surface area contributed by atoms with E-state index in [0.717, 1.165) is 23.3 Å². The monoisotopic (exact) mass is 273 g/mol. The zero-order valence-corrected chi connectivity index (χ0v) is 11.8. The van der Waals surface area contributed by atoms with Crippen molar-refractivity contribution in [2.75, 3.05) is 0 Å². The van der Waals surface area contributed by atoms with Gasteiger partial charge in [0.1, 0.15) is 11.6 Å². The van der Waals surface area contributed by atoms with Crippen LogP contribution in [0, 0.1) is 11.7 Å². The standard InChI is InChI=1S/C16H20FN3/c1-20-15-5-2-11(17)9-14(15)19-16(20)8-10-6-12-3-4-13(7-10)18-12/h2,5,9-10,12-13,18H,3-4,6-8H2,1H3. The van der Waals surface area contributed by atoms with E-state index in [1.165, 1.54) is 37.8 Å². The molecular weight excluding hydrogens is 253 g/mol. The summed E-state index contributed by atoms with van der Waals surface area (Å²) in [5, 5.41) is 3.68. The van der Waals surface area contributed by atoms with E-state index in [1.54, 1.807) is 0 Å². The number of imidazole rings is 1. The Balaban J connectivity index is 1.61. The van der Waals surface area contributed by atoms with Gasteiger partial charge in [0.15, 0.2) is 0 Å². The van der Waals surface area contributed by atoms with Crippen molar-refractivity contribution in [3.05, 3.63) is 29.8 Å². The normalized spacial score (nSPS) is 29.2. The Kier molecular flexibility index (Phi) is 2.81. The van der Waals surface area contributed by atoms with E-state index in [9.17, 15) is 4.39 Å². The van der Waals surface area contributed by atoms with Crippen LogP contribution in [0.3, 0.4) is 0 Å². The summed E-state index contributed by atoms with van der Waals surface area (Å²) in [6.45, 7) is 0. The van der Waals surface area contributed by atoms with E-state index in [1.807, 2.05) is 13.1 Å². The third-order valence-electron chi connectivity index (χ3n) is 4.98. The topological polar surface area (TPSA) is 29.9 Å². The number of piperidine rings is 1. The number of halogens is 1. The van der Waals surface area contributed by atoms with E-state index in [0.29, 0.717) is 18.0 Å². The van der Waals surface area contributed by atoms with Crippen LogP contribution in [0.25, 0.3) is 11.0 Å². The Morgan fingerprint density at radius 1 is 1.30 bits per heavy atom. The maximum atomic E-state index is 13.3. The van der Waals surface area contributed by atoms with Gasteiger partial charge in [-0.25, -0.2) is 9.37 Å². The lowest BCUT2D eigenvalue weighted by atomic mass is 9.89. The maximum absolute atomic E-state index is 13.3. The molecule has 0 aliphatic carbocycles. The summed E-state index contributed by atoms with van der Waals surface area (Å²) in [5.41, 5.74) is 1.80. The molecule has 2 saturated heterocycles. The van der Waals surface area contributed by atoms with Crippen molar-refractivity contribution in [1.82, 2.24) is 14.9 Å². The Bertz CT molecular complexity index is 636. The maximum Gasteiger partial charge on any atom is 0.125 e. The molecule has 2 bridgehead atoms. The quantitative estimate of drug-likeness (QED) is 0.912. The summed E-state index contributed by atoms with van der Waals surface area (Å²) < 4.78 is 15.4. The van der Waals surface area contributed by atoms with E-state index < -0.39 is 0 Å². The van der Waals surface area contributed by atoms with E-state index >= 15 is 0 Å². The van der Waals surface area contributed by atoms with Gasteiger partial charge in [-0.2, -0.15) is 0 Å². The summed E-state index contributed by atoms with van der Waals surface area (Å²) in [6, 6.07) is 6.30. The van der Waals surface area contributed by atoms with Gasteiger partial charge in [0.05, 0.1) is 11.0 Å². The van der Waals surface area contributed by atoms with Gasteiger partial charge in [0.2, 0.25) is 0 Å². The lowest BCUT2D eigenvalue weighted by molar-refractivity contribution is 0.294. The molecule has 0 amide bonds. The molecule has 0 radical (unpaired) electrons. The Labute approximate surface area is 118 Å². The van der Waals surface area contributed by atoms with Crippen LogP contribution in [0.15, 0.2) is 18.2 Å². The largest absolute Gasteiger partial charge is 0.331 e. The minimum Gasteiger partial charge on any atom is -0.331 e. The molecule has 3 nitrogen and oxygen atoms in total. The van der Waals surface area contributed by atoms with E-state index in [-0.39, 0.29) is 5.82 Å². The van der Waals surface area contributed by atoms with Crippen LogP contribution < -0.4 is 5.32 Å². The smallest absolute Gasteiger partial charge is 0.125 e. The summed E-state index contributed by atoms with van der Waals surface area (Å²) in [5.74, 6) is 1.60. The number of hydrogen-bond acceptors (Lipinski definition) is 2. The fourth-order valence-electron chi connectivity index (χ4n) is 4.01. The molecule has 0 spiro atoms. The lowest BCUT2D eigenvalue weighted by Crippen LogP contribution is -2.38. The van der Waals surface area contributed by atoms with Crippen LogP contribution in [-0.2, 0) is 13.5 Å². The average molecular weight is 273 g/mol. The van der Waals surface area contributed by atoms with Gasteiger partial charge < -0.3 is 9.88 Å². The van der Waals surface area contributed by atoms with Crippen molar-refractivity contribution < 1.29 is 4.39 Å². The van der Waals surface area contributed by atoms with E-state index in [4.69, 9.17) is 0 Å². The first kappa shape index (κ1) is 12.3. The molecule has 2 fully saturated rings. The highest BCUT2D eigenvalue weighted by Crippen LogP contribution is 2.33. The highest BCUT2D eigenvalue weighted by molar-refractivity contribution is 5.75. The Hall–Kier alpha value is -1.42. The molecule has 2 aromatic rings. The SMILES string of the molecule is Cn1c(CC2CC3CCC(C2)N3)nc2cc(F)ccc21. The van der Waals surface area contributed by atoms with Gasteiger partial charge in [0.25, 0.3) is 0 Å². The molecule has 2 atom stereocenters. The third kappa shape index (κ3) is 2.03. The number of nitrogens with one attached hydrogen (secondary N) is 1. The van der Waals surface area contributed by atoms with Crippen LogP contribution >= 0.6 is 0 Å². The summed E-state index contributed by atoms with van der Waals surface area (Å²) >= 11 is 0.